The topological polar surface area (TPSA) is 58.3 Å². The van der Waals surface area contributed by atoms with E-state index < -0.39 is 0 Å². The number of hydrogen-bond donors (Lipinski definition) is 3. The second kappa shape index (κ2) is 4.78. The van der Waals surface area contributed by atoms with Crippen LogP contribution in [0.15, 0.2) is 54.6 Å². The maximum atomic E-state index is 10.1. The molecule has 20 heavy (non-hydrogen) atoms. The van der Waals surface area contributed by atoms with E-state index in [0.29, 0.717) is 5.69 Å². The fourth-order valence-corrected chi connectivity index (χ4v) is 2.31. The van der Waals surface area contributed by atoms with Crippen molar-refractivity contribution in [2.45, 2.75) is 6.92 Å². The molecule has 100 valence electrons. The van der Waals surface area contributed by atoms with Gasteiger partial charge < -0.3 is 16.2 Å². The molecule has 3 aromatic rings. The molecule has 0 spiro atoms. The van der Waals surface area contributed by atoms with E-state index in [0.717, 1.165) is 27.7 Å². The van der Waals surface area contributed by atoms with E-state index in [4.69, 9.17) is 5.73 Å². The number of phenols is 1. The Morgan fingerprint density at radius 1 is 0.950 bits per heavy atom. The van der Waals surface area contributed by atoms with Crippen LogP contribution >= 0.6 is 0 Å². The molecular weight excluding hydrogens is 248 g/mol. The van der Waals surface area contributed by atoms with Gasteiger partial charge in [-0.2, -0.15) is 0 Å². The third kappa shape index (κ3) is 2.14. The molecule has 0 fully saturated rings. The second-order valence-electron chi connectivity index (χ2n) is 4.88. The summed E-state index contributed by atoms with van der Waals surface area (Å²) in [7, 11) is 0. The number of nitrogens with one attached hydrogen (secondary N) is 1. The third-order valence-electron chi connectivity index (χ3n) is 3.42. The Labute approximate surface area is 117 Å². The van der Waals surface area contributed by atoms with Gasteiger partial charge in [0.15, 0.2) is 0 Å². The van der Waals surface area contributed by atoms with E-state index in [-0.39, 0.29) is 5.75 Å². The quantitative estimate of drug-likeness (QED) is 0.480. The molecule has 3 aromatic carbocycles. The van der Waals surface area contributed by atoms with E-state index in [2.05, 4.69) is 5.32 Å². The molecule has 0 aliphatic heterocycles. The molecule has 3 heteroatoms. The Morgan fingerprint density at radius 2 is 1.70 bits per heavy atom. The lowest BCUT2D eigenvalue weighted by Crippen LogP contribution is -1.93. The minimum atomic E-state index is 0.159. The molecule has 0 aromatic heterocycles. The molecule has 4 N–H and O–H groups in total. The van der Waals surface area contributed by atoms with Crippen molar-refractivity contribution in [3.63, 3.8) is 0 Å². The molecule has 0 aliphatic carbocycles. The van der Waals surface area contributed by atoms with Crippen LogP contribution in [0.1, 0.15) is 5.56 Å². The van der Waals surface area contributed by atoms with Gasteiger partial charge in [0.1, 0.15) is 5.75 Å². The molecule has 3 rings (SSSR count). The predicted molar refractivity (Wildman–Crippen MR) is 84.5 cm³/mol. The molecule has 0 unspecified atom stereocenters. The van der Waals surface area contributed by atoms with Crippen LogP contribution in [0.25, 0.3) is 10.8 Å². The highest BCUT2D eigenvalue weighted by Gasteiger charge is 2.07. The van der Waals surface area contributed by atoms with Crippen LogP contribution in [0.4, 0.5) is 17.1 Å². The predicted octanol–water partition coefficient (Wildman–Crippen LogP) is 4.18. The number of nitrogens with two attached hydrogens (primary N) is 1. The summed E-state index contributed by atoms with van der Waals surface area (Å²) >= 11 is 0. The molecule has 0 saturated carbocycles. The maximum absolute atomic E-state index is 10.1. The summed E-state index contributed by atoms with van der Waals surface area (Å²) in [6.45, 7) is 1.89. The van der Waals surface area contributed by atoms with Crippen molar-refractivity contribution in [1.82, 2.24) is 0 Å². The minimum absolute atomic E-state index is 0.159. The van der Waals surface area contributed by atoms with Gasteiger partial charge in [-0.15, -0.1) is 0 Å². The summed E-state index contributed by atoms with van der Waals surface area (Å²) in [6, 6.07) is 17.8. The highest BCUT2D eigenvalue weighted by atomic mass is 16.3. The Kier molecular flexibility index (Phi) is 2.95. The second-order valence-corrected chi connectivity index (χ2v) is 4.88. The van der Waals surface area contributed by atoms with E-state index >= 15 is 0 Å². The number of phenolic OH excluding ortho intramolecular Hbond substituents is 1. The Morgan fingerprint density at radius 3 is 2.45 bits per heavy atom. The normalized spacial score (nSPS) is 10.7. The first-order valence-corrected chi connectivity index (χ1v) is 6.49. The van der Waals surface area contributed by atoms with E-state index in [1.807, 2.05) is 61.5 Å². The van der Waals surface area contributed by atoms with Gasteiger partial charge in [-0.25, -0.2) is 0 Å². The average molecular weight is 264 g/mol. The number of hydrogen-bond acceptors (Lipinski definition) is 3. The fraction of sp³-hybridized carbons (Fsp3) is 0.0588. The van der Waals surface area contributed by atoms with Crippen molar-refractivity contribution >= 4 is 27.8 Å². The monoisotopic (exact) mass is 264 g/mol. The summed E-state index contributed by atoms with van der Waals surface area (Å²) in [6.07, 6.45) is 0. The molecule has 0 heterocycles. The van der Waals surface area contributed by atoms with Gasteiger partial charge in [0.05, 0.1) is 5.69 Å². The average Bonchev–Trinajstić information content (AvgIpc) is 2.46. The lowest BCUT2D eigenvalue weighted by atomic mass is 10.0. The molecule has 0 radical (unpaired) electrons. The fourth-order valence-electron chi connectivity index (χ4n) is 2.31. The van der Waals surface area contributed by atoms with Gasteiger partial charge in [-0.3, -0.25) is 0 Å². The van der Waals surface area contributed by atoms with Gasteiger partial charge in [-0.05, 0) is 54.3 Å². The summed E-state index contributed by atoms with van der Waals surface area (Å²) in [5, 5.41) is 15.1. The zero-order chi connectivity index (χ0) is 14.1. The molecule has 0 bridgehead atoms. The molecular formula is C17H16N2O. The summed E-state index contributed by atoms with van der Waals surface area (Å²) in [4.78, 5) is 0. The number of aromatic hydroxyl groups is 1. The lowest BCUT2D eigenvalue weighted by Gasteiger charge is -2.11. The molecule has 0 atom stereocenters. The minimum Gasteiger partial charge on any atom is -0.505 e. The van der Waals surface area contributed by atoms with Gasteiger partial charge in [0.2, 0.25) is 0 Å². The van der Waals surface area contributed by atoms with E-state index in [9.17, 15) is 5.11 Å². The number of benzene rings is 3. The standard InChI is InChI=1S/C17H16N2O/c1-11-9-12-10-14(19-13-5-3-2-4-6-13)7-8-15(12)17(20)16(11)18/h2-10,19-20H,18H2,1H3. The van der Waals surface area contributed by atoms with Gasteiger partial charge in [0.25, 0.3) is 0 Å². The zero-order valence-corrected chi connectivity index (χ0v) is 11.2. The van der Waals surface area contributed by atoms with Crippen LogP contribution in [0, 0.1) is 6.92 Å². The van der Waals surface area contributed by atoms with Crippen LogP contribution in [-0.2, 0) is 0 Å². The third-order valence-corrected chi connectivity index (χ3v) is 3.42. The summed E-state index contributed by atoms with van der Waals surface area (Å²) < 4.78 is 0. The largest absolute Gasteiger partial charge is 0.505 e. The van der Waals surface area contributed by atoms with E-state index in [1.54, 1.807) is 0 Å². The van der Waals surface area contributed by atoms with Crippen molar-refractivity contribution in [3.8, 4) is 5.75 Å². The number of aryl methyl sites for hydroxylation is 1. The van der Waals surface area contributed by atoms with E-state index in [1.165, 1.54) is 0 Å². The van der Waals surface area contributed by atoms with Crippen molar-refractivity contribution < 1.29 is 5.11 Å². The zero-order valence-electron chi connectivity index (χ0n) is 11.2. The number of rotatable bonds is 2. The first kappa shape index (κ1) is 12.4. The first-order valence-electron chi connectivity index (χ1n) is 6.49. The van der Waals surface area contributed by atoms with Crippen LogP contribution in [0.2, 0.25) is 0 Å². The Balaban J connectivity index is 2.05. The smallest absolute Gasteiger partial charge is 0.146 e. The van der Waals surface area contributed by atoms with Crippen LogP contribution in [0.5, 0.6) is 5.75 Å². The number of para-hydroxylation sites is 1. The van der Waals surface area contributed by atoms with Crippen molar-refractivity contribution in [1.29, 1.82) is 0 Å². The maximum Gasteiger partial charge on any atom is 0.146 e. The van der Waals surface area contributed by atoms with Crippen molar-refractivity contribution in [3.05, 3.63) is 60.2 Å². The molecule has 0 aliphatic rings. The number of nitrogen functional groups attached to an aromatic ring is 1. The first-order chi connectivity index (χ1) is 9.65. The van der Waals surface area contributed by atoms with Crippen LogP contribution < -0.4 is 11.1 Å². The van der Waals surface area contributed by atoms with Gasteiger partial charge in [0, 0.05) is 16.8 Å². The Bertz CT molecular complexity index is 767. The van der Waals surface area contributed by atoms with Crippen molar-refractivity contribution in [2.75, 3.05) is 11.1 Å². The molecule has 0 saturated heterocycles. The SMILES string of the molecule is Cc1cc2cc(Nc3ccccc3)ccc2c(O)c1N. The summed E-state index contributed by atoms with van der Waals surface area (Å²) in [5.74, 6) is 0.159. The van der Waals surface area contributed by atoms with Gasteiger partial charge in [-0.1, -0.05) is 18.2 Å². The molecule has 0 amide bonds. The molecule has 3 nitrogen and oxygen atoms in total. The summed E-state index contributed by atoms with van der Waals surface area (Å²) in [5.41, 5.74) is 9.18. The van der Waals surface area contributed by atoms with Crippen molar-refractivity contribution in [2.24, 2.45) is 0 Å². The highest BCUT2D eigenvalue weighted by molar-refractivity contribution is 5.96. The number of fused-ring (bicyclic) bond motifs is 1. The number of anilines is 3. The Hall–Kier alpha value is -2.68. The van der Waals surface area contributed by atoms with Crippen LogP contribution in [-0.4, -0.2) is 5.11 Å². The highest BCUT2D eigenvalue weighted by Crippen LogP contribution is 2.35. The lowest BCUT2D eigenvalue weighted by molar-refractivity contribution is 0.484. The van der Waals surface area contributed by atoms with Gasteiger partial charge >= 0.3 is 0 Å². The van der Waals surface area contributed by atoms with Crippen LogP contribution in [0.3, 0.4) is 0 Å².